The number of nitrogens with two attached hydrogens (primary N) is 1. The second-order valence-corrected chi connectivity index (χ2v) is 11.4. The summed E-state index contributed by atoms with van der Waals surface area (Å²) in [6, 6.07) is 14.1. The number of nitrogen functional groups attached to an aromatic ring is 1. The third-order valence-electron chi connectivity index (χ3n) is 5.89. The first-order valence-corrected chi connectivity index (χ1v) is 14.4. The van der Waals surface area contributed by atoms with Crippen LogP contribution in [0.3, 0.4) is 0 Å². The number of fused-ring (bicyclic) bond motifs is 1. The summed E-state index contributed by atoms with van der Waals surface area (Å²) in [5.41, 5.74) is 7.86. The van der Waals surface area contributed by atoms with E-state index in [0.29, 0.717) is 16.1 Å². The van der Waals surface area contributed by atoms with Crippen molar-refractivity contribution >= 4 is 36.3 Å². The van der Waals surface area contributed by atoms with Crippen LogP contribution in [-0.2, 0) is 38.1 Å². The molecule has 3 aromatic heterocycles. The fraction of sp³-hybridized carbons (Fsp3) is 0.231. The molecule has 3 N–H and O–H groups in total. The lowest BCUT2D eigenvalue weighted by Crippen LogP contribution is -2.13. The number of nitrogens with one attached hydrogen (secondary N) is 1. The smallest absolute Gasteiger partial charge is 0.393 e. The van der Waals surface area contributed by atoms with E-state index in [1.807, 2.05) is 19.1 Å². The van der Waals surface area contributed by atoms with Crippen LogP contribution in [0, 0.1) is 6.92 Å². The number of benzene rings is 2. The van der Waals surface area contributed by atoms with Gasteiger partial charge in [0.2, 0.25) is 5.95 Å². The van der Waals surface area contributed by atoms with Gasteiger partial charge >= 0.3 is 13.4 Å². The molecule has 13 nitrogen and oxygen atoms in total. The summed E-state index contributed by atoms with van der Waals surface area (Å²) in [4.78, 5) is 34.5. The molecule has 214 valence electrons. The first-order valence-electron chi connectivity index (χ1n) is 12.3. The van der Waals surface area contributed by atoms with Crippen LogP contribution < -0.4 is 17.1 Å². The number of hydrogen-bond acceptors (Lipinski definition) is 11. The maximum atomic E-state index is 13.8. The molecule has 0 bridgehead atoms. The molecule has 0 fully saturated rings. The topological polar surface area (TPSA) is 178 Å². The lowest BCUT2D eigenvalue weighted by molar-refractivity contribution is 0.114. The number of aryl methyl sites for hydroxylation is 1. The average Bonchev–Trinajstić information content (AvgIpc) is 3.52. The molecule has 41 heavy (non-hydrogen) atoms. The van der Waals surface area contributed by atoms with Crippen molar-refractivity contribution in [3.05, 3.63) is 97.7 Å². The number of anilines is 1. The minimum absolute atomic E-state index is 0.0448. The fourth-order valence-electron chi connectivity index (χ4n) is 3.87. The zero-order chi connectivity index (χ0) is 29.0. The Balaban J connectivity index is 1.29. The molecule has 3 heterocycles. The van der Waals surface area contributed by atoms with Crippen molar-refractivity contribution in [2.24, 2.45) is 0 Å². The Kier molecular flexibility index (Phi) is 8.52. The minimum atomic E-state index is -3.93. The fourth-order valence-corrected chi connectivity index (χ4v) is 5.32. The van der Waals surface area contributed by atoms with Crippen molar-refractivity contribution in [1.29, 1.82) is 0 Å². The van der Waals surface area contributed by atoms with Gasteiger partial charge in [-0.2, -0.15) is 4.98 Å². The van der Waals surface area contributed by atoms with Crippen molar-refractivity contribution in [3.8, 4) is 11.3 Å². The van der Waals surface area contributed by atoms with Crippen molar-refractivity contribution < 1.29 is 27.2 Å². The first-order chi connectivity index (χ1) is 19.7. The van der Waals surface area contributed by atoms with Gasteiger partial charge in [0, 0.05) is 17.1 Å². The van der Waals surface area contributed by atoms with Gasteiger partial charge in [-0.1, -0.05) is 53.6 Å². The molecule has 1 unspecified atom stereocenters. The van der Waals surface area contributed by atoms with E-state index in [1.54, 1.807) is 41.0 Å². The number of imidazole rings is 1. The van der Waals surface area contributed by atoms with E-state index in [0.717, 1.165) is 5.56 Å². The predicted molar refractivity (Wildman–Crippen MR) is 149 cm³/mol. The Morgan fingerprint density at radius 2 is 1.88 bits per heavy atom. The molecule has 0 amide bonds. The van der Waals surface area contributed by atoms with E-state index in [1.165, 1.54) is 6.33 Å². The Bertz CT molecular complexity index is 1830. The van der Waals surface area contributed by atoms with Gasteiger partial charge in [-0.05, 0) is 24.6 Å². The zero-order valence-electron chi connectivity index (χ0n) is 21.7. The van der Waals surface area contributed by atoms with Gasteiger partial charge in [-0.25, -0.2) is 9.78 Å². The SMILES string of the molecule is Cc1ccc(-c2oc(=O)oc2COP(=O)(COCCn2cnc3c(=O)[nH]c(N)nc32)OCc2cccc(Cl)c2)cc1. The van der Waals surface area contributed by atoms with Gasteiger partial charge in [0.1, 0.15) is 13.0 Å². The Morgan fingerprint density at radius 1 is 1.10 bits per heavy atom. The number of ether oxygens (including phenoxy) is 1. The lowest BCUT2D eigenvalue weighted by Gasteiger charge is -2.18. The zero-order valence-corrected chi connectivity index (χ0v) is 23.4. The molecule has 5 aromatic rings. The molecule has 15 heteroatoms. The van der Waals surface area contributed by atoms with E-state index in [9.17, 15) is 14.2 Å². The van der Waals surface area contributed by atoms with E-state index in [2.05, 4.69) is 15.0 Å². The van der Waals surface area contributed by atoms with Crippen LogP contribution in [-0.4, -0.2) is 32.5 Å². The molecule has 0 aliphatic rings. The highest BCUT2D eigenvalue weighted by Crippen LogP contribution is 2.50. The van der Waals surface area contributed by atoms with E-state index in [-0.39, 0.29) is 55.0 Å². The van der Waals surface area contributed by atoms with Gasteiger partial charge < -0.3 is 28.4 Å². The molecule has 0 saturated heterocycles. The quantitative estimate of drug-likeness (QED) is 0.152. The molecular formula is C26H25ClN5O8P. The lowest BCUT2D eigenvalue weighted by atomic mass is 10.1. The van der Waals surface area contributed by atoms with Crippen LogP contribution in [0.15, 0.2) is 73.3 Å². The van der Waals surface area contributed by atoms with Crippen molar-refractivity contribution in [2.75, 3.05) is 18.7 Å². The van der Waals surface area contributed by atoms with Gasteiger partial charge in [0.15, 0.2) is 22.7 Å². The van der Waals surface area contributed by atoms with Crippen LogP contribution in [0.25, 0.3) is 22.5 Å². The summed E-state index contributed by atoms with van der Waals surface area (Å²) in [5.74, 6) is -0.769. The van der Waals surface area contributed by atoms with Crippen LogP contribution in [0.1, 0.15) is 16.9 Å². The average molecular weight is 602 g/mol. The number of aromatic nitrogens is 4. The molecule has 0 radical (unpaired) electrons. The van der Waals surface area contributed by atoms with Gasteiger partial charge in [0.05, 0.1) is 19.5 Å². The van der Waals surface area contributed by atoms with Crippen molar-refractivity contribution in [2.45, 2.75) is 26.7 Å². The summed E-state index contributed by atoms with van der Waals surface area (Å²) >= 11 is 6.06. The highest BCUT2D eigenvalue weighted by Gasteiger charge is 2.28. The third kappa shape index (κ3) is 7.02. The molecule has 0 spiro atoms. The maximum Gasteiger partial charge on any atom is 0.519 e. The predicted octanol–water partition coefficient (Wildman–Crippen LogP) is 4.48. The van der Waals surface area contributed by atoms with Crippen LogP contribution >= 0.6 is 19.2 Å². The van der Waals surface area contributed by atoms with Gasteiger partial charge in [0.25, 0.3) is 5.56 Å². The highest BCUT2D eigenvalue weighted by atomic mass is 35.5. The Labute approximate surface area is 237 Å². The number of nitrogens with zero attached hydrogens (tertiary/aromatic N) is 3. The normalized spacial score (nSPS) is 13.0. The summed E-state index contributed by atoms with van der Waals surface area (Å²) in [6.45, 7) is 1.72. The number of hydrogen-bond donors (Lipinski definition) is 2. The molecule has 0 saturated carbocycles. The van der Waals surface area contributed by atoms with Gasteiger partial charge in [-0.3, -0.25) is 18.9 Å². The minimum Gasteiger partial charge on any atom is -0.393 e. The molecule has 2 aromatic carbocycles. The number of halogens is 1. The molecule has 0 aliphatic carbocycles. The number of H-pyrrole nitrogens is 1. The van der Waals surface area contributed by atoms with Crippen LogP contribution in [0.2, 0.25) is 5.02 Å². The molecular weight excluding hydrogens is 577 g/mol. The molecule has 0 aliphatic heterocycles. The second kappa shape index (κ2) is 12.2. The molecule has 1 atom stereocenters. The van der Waals surface area contributed by atoms with Crippen molar-refractivity contribution in [1.82, 2.24) is 19.5 Å². The summed E-state index contributed by atoms with van der Waals surface area (Å²) in [5, 5.41) is 0.488. The molecule has 5 rings (SSSR count). The van der Waals surface area contributed by atoms with Crippen molar-refractivity contribution in [3.63, 3.8) is 0 Å². The van der Waals surface area contributed by atoms with E-state index in [4.69, 9.17) is 40.0 Å². The number of aromatic amines is 1. The Hall–Kier alpha value is -4.00. The monoisotopic (exact) mass is 601 g/mol. The second-order valence-electron chi connectivity index (χ2n) is 8.96. The summed E-state index contributed by atoms with van der Waals surface area (Å²) in [6.07, 6.45) is 0.993. The first kappa shape index (κ1) is 28.5. The highest BCUT2D eigenvalue weighted by molar-refractivity contribution is 7.53. The van der Waals surface area contributed by atoms with E-state index >= 15 is 0 Å². The number of rotatable bonds is 12. The standard InChI is InChI=1S/C26H25ClN5O8P/c1-16-5-7-18(8-6-16)22-20(39-26(34)40-22)13-38-41(35,37-12-17-3-2-4-19(27)11-17)15-36-10-9-32-14-29-21-23(32)30-25(28)31-24(21)33/h2-8,11,14H,9-10,12-13,15H2,1H3,(H3,28,30,31,33). The van der Waals surface area contributed by atoms with Crippen LogP contribution in [0.5, 0.6) is 0 Å². The largest absolute Gasteiger partial charge is 0.519 e. The maximum absolute atomic E-state index is 13.8. The van der Waals surface area contributed by atoms with Gasteiger partial charge in [-0.15, -0.1) is 0 Å². The third-order valence-corrected chi connectivity index (χ3v) is 7.67. The van der Waals surface area contributed by atoms with Crippen LogP contribution in [0.4, 0.5) is 5.95 Å². The summed E-state index contributed by atoms with van der Waals surface area (Å²) in [7, 11) is -3.93. The Morgan fingerprint density at radius 3 is 2.66 bits per heavy atom. The van der Waals surface area contributed by atoms with E-state index < -0.39 is 25.3 Å². The summed E-state index contributed by atoms with van der Waals surface area (Å²) < 4.78 is 42.8.